The van der Waals surface area contributed by atoms with Crippen molar-refractivity contribution in [1.29, 1.82) is 0 Å². The molecule has 2 fully saturated rings. The van der Waals surface area contributed by atoms with Gasteiger partial charge in [-0.15, -0.1) is 0 Å². The van der Waals surface area contributed by atoms with E-state index >= 15 is 0 Å². The molecule has 2 saturated heterocycles. The van der Waals surface area contributed by atoms with Crippen LogP contribution < -0.4 is 9.80 Å². The molecule has 216 valence electrons. The van der Waals surface area contributed by atoms with Crippen LogP contribution >= 0.6 is 0 Å². The lowest BCUT2D eigenvalue weighted by Crippen LogP contribution is -2.50. The third-order valence-corrected chi connectivity index (χ3v) is 8.21. The molecule has 2 atom stereocenters. The lowest BCUT2D eigenvalue weighted by Gasteiger charge is -2.40. The van der Waals surface area contributed by atoms with E-state index in [0.717, 1.165) is 107 Å². The Morgan fingerprint density at radius 3 is 1.28 bits per heavy atom. The molecule has 39 heavy (non-hydrogen) atoms. The molecule has 4 nitrogen and oxygen atoms in total. The van der Waals surface area contributed by atoms with Crippen LogP contribution in [0.3, 0.4) is 0 Å². The van der Waals surface area contributed by atoms with Crippen LogP contribution in [-0.4, -0.2) is 74.2 Å². The number of piperazine rings is 1. The zero-order chi connectivity index (χ0) is 28.2. The lowest BCUT2D eigenvalue weighted by molar-refractivity contribution is -0.138. The van der Waals surface area contributed by atoms with Crippen LogP contribution in [0.25, 0.3) is 0 Å². The number of anilines is 2. The molecule has 0 N–H and O–H groups in total. The van der Waals surface area contributed by atoms with Crippen molar-refractivity contribution in [3.63, 3.8) is 0 Å². The largest absolute Gasteiger partial charge is 0.416 e. The second-order valence-electron chi connectivity index (χ2n) is 10.8. The average molecular weight is 557 g/mol. The van der Waals surface area contributed by atoms with Gasteiger partial charge in [-0.2, -0.15) is 26.3 Å². The fourth-order valence-corrected chi connectivity index (χ4v) is 5.63. The molecule has 0 amide bonds. The van der Waals surface area contributed by atoms with Crippen LogP contribution in [0.5, 0.6) is 0 Å². The Morgan fingerprint density at radius 1 is 0.538 bits per heavy atom. The van der Waals surface area contributed by atoms with E-state index in [0.29, 0.717) is 12.1 Å². The molecule has 2 aromatic carbocycles. The molecule has 0 bridgehead atoms. The van der Waals surface area contributed by atoms with Gasteiger partial charge < -0.3 is 9.80 Å². The Kier molecular flexibility index (Phi) is 9.37. The highest BCUT2D eigenvalue weighted by molar-refractivity contribution is 5.49. The van der Waals surface area contributed by atoms with Crippen LogP contribution in [0.4, 0.5) is 37.7 Å². The van der Waals surface area contributed by atoms with E-state index in [1.165, 1.54) is 0 Å². The number of alkyl halides is 6. The molecule has 2 unspecified atom stereocenters. The summed E-state index contributed by atoms with van der Waals surface area (Å²) in [7, 11) is 0. The van der Waals surface area contributed by atoms with Gasteiger partial charge in [0.2, 0.25) is 0 Å². The number of hydrogen-bond acceptors (Lipinski definition) is 4. The molecule has 2 aromatic rings. The van der Waals surface area contributed by atoms with Gasteiger partial charge in [-0.25, -0.2) is 0 Å². The minimum atomic E-state index is -4.32. The number of hydrogen-bond donors (Lipinski definition) is 0. The maximum absolute atomic E-state index is 12.9. The van der Waals surface area contributed by atoms with Gasteiger partial charge in [-0.05, 0) is 81.6 Å². The first-order valence-electron chi connectivity index (χ1n) is 13.7. The molecule has 2 aliphatic rings. The number of nitrogens with zero attached hydrogens (tertiary/aromatic N) is 4. The minimum Gasteiger partial charge on any atom is -0.370 e. The first-order valence-corrected chi connectivity index (χ1v) is 13.7. The molecule has 0 spiro atoms. The van der Waals surface area contributed by atoms with Crippen molar-refractivity contribution in [2.45, 2.75) is 57.5 Å². The summed E-state index contributed by atoms with van der Waals surface area (Å²) < 4.78 is 77.2. The standard InChI is InChI=1S/C29H38F6N4/c1-22(36-14-3-15-38(19-16-36)26-10-6-24(7-11-26)28(30,31)32)4-5-23(2)37-17-20-39(21-18-37)27-12-8-25(9-13-27)29(33,34)35/h6-13,22-23H,3-5,14-21H2,1-2H3. The van der Waals surface area contributed by atoms with Crippen LogP contribution in [-0.2, 0) is 12.4 Å². The molecular formula is C29H38F6N4. The first kappa shape index (κ1) is 29.5. The Labute approximate surface area is 227 Å². The highest BCUT2D eigenvalue weighted by atomic mass is 19.4. The van der Waals surface area contributed by atoms with E-state index < -0.39 is 23.5 Å². The Morgan fingerprint density at radius 2 is 0.897 bits per heavy atom. The molecule has 2 aliphatic heterocycles. The van der Waals surface area contributed by atoms with E-state index in [4.69, 9.17) is 0 Å². The summed E-state index contributed by atoms with van der Waals surface area (Å²) in [6.45, 7) is 11.3. The smallest absolute Gasteiger partial charge is 0.370 e. The molecule has 0 radical (unpaired) electrons. The summed E-state index contributed by atoms with van der Waals surface area (Å²) in [6.07, 6.45) is -5.56. The normalized spacial score (nSPS) is 20.1. The molecular weight excluding hydrogens is 518 g/mol. The maximum Gasteiger partial charge on any atom is 0.416 e. The van der Waals surface area contributed by atoms with E-state index in [1.807, 2.05) is 0 Å². The molecule has 0 saturated carbocycles. The fourth-order valence-electron chi connectivity index (χ4n) is 5.63. The highest BCUT2D eigenvalue weighted by Crippen LogP contribution is 2.32. The van der Waals surface area contributed by atoms with Crippen molar-refractivity contribution in [1.82, 2.24) is 9.80 Å². The zero-order valence-electron chi connectivity index (χ0n) is 22.6. The SMILES string of the molecule is CC(CCC(C)N1CCN(c2ccc(C(F)(F)F)cc2)CC1)N1CCCN(c2ccc(C(F)(F)F)cc2)CC1. The second-order valence-corrected chi connectivity index (χ2v) is 10.8. The van der Waals surface area contributed by atoms with Crippen molar-refractivity contribution in [3.05, 3.63) is 59.7 Å². The van der Waals surface area contributed by atoms with E-state index in [1.54, 1.807) is 24.3 Å². The topological polar surface area (TPSA) is 13.0 Å². The first-order chi connectivity index (χ1) is 18.4. The Balaban J connectivity index is 1.20. The van der Waals surface area contributed by atoms with E-state index in [9.17, 15) is 26.3 Å². The van der Waals surface area contributed by atoms with Gasteiger partial charge >= 0.3 is 12.4 Å². The van der Waals surface area contributed by atoms with Gasteiger partial charge in [0.1, 0.15) is 0 Å². The van der Waals surface area contributed by atoms with E-state index in [2.05, 4.69) is 33.4 Å². The summed E-state index contributed by atoms with van der Waals surface area (Å²) in [5, 5.41) is 0. The average Bonchev–Trinajstić information content (AvgIpc) is 3.17. The van der Waals surface area contributed by atoms with Crippen molar-refractivity contribution >= 4 is 11.4 Å². The van der Waals surface area contributed by atoms with Gasteiger partial charge in [0, 0.05) is 75.8 Å². The van der Waals surface area contributed by atoms with Gasteiger partial charge in [0.15, 0.2) is 0 Å². The lowest BCUT2D eigenvalue weighted by atomic mass is 10.0. The highest BCUT2D eigenvalue weighted by Gasteiger charge is 2.31. The maximum atomic E-state index is 12.9. The zero-order valence-corrected chi connectivity index (χ0v) is 22.6. The Hall–Kier alpha value is -2.46. The van der Waals surface area contributed by atoms with Crippen molar-refractivity contribution in [2.75, 3.05) is 62.2 Å². The molecule has 4 rings (SSSR count). The Bertz CT molecular complexity index is 1030. The van der Waals surface area contributed by atoms with Crippen molar-refractivity contribution in [3.8, 4) is 0 Å². The number of rotatable bonds is 7. The summed E-state index contributed by atoms with van der Waals surface area (Å²) >= 11 is 0. The fraction of sp³-hybridized carbons (Fsp3) is 0.586. The molecule has 2 heterocycles. The summed E-state index contributed by atoms with van der Waals surface area (Å²) in [5.74, 6) is 0. The summed E-state index contributed by atoms with van der Waals surface area (Å²) in [5.41, 5.74) is 0.424. The predicted molar refractivity (Wildman–Crippen MR) is 143 cm³/mol. The second kappa shape index (κ2) is 12.4. The van der Waals surface area contributed by atoms with Gasteiger partial charge in [0.25, 0.3) is 0 Å². The number of halogens is 6. The van der Waals surface area contributed by atoms with Crippen LogP contribution in [0, 0.1) is 0 Å². The van der Waals surface area contributed by atoms with Crippen molar-refractivity contribution < 1.29 is 26.3 Å². The molecule has 10 heteroatoms. The molecule has 0 aliphatic carbocycles. The predicted octanol–water partition coefficient (Wildman–Crippen LogP) is 6.62. The molecule has 0 aromatic heterocycles. The monoisotopic (exact) mass is 556 g/mol. The van der Waals surface area contributed by atoms with Crippen LogP contribution in [0.2, 0.25) is 0 Å². The summed E-state index contributed by atoms with van der Waals surface area (Å²) in [4.78, 5) is 9.26. The quantitative estimate of drug-likeness (QED) is 0.356. The third-order valence-electron chi connectivity index (χ3n) is 8.21. The third kappa shape index (κ3) is 7.81. The van der Waals surface area contributed by atoms with Gasteiger partial charge in [0.05, 0.1) is 11.1 Å². The summed E-state index contributed by atoms with van der Waals surface area (Å²) in [6, 6.07) is 11.7. The van der Waals surface area contributed by atoms with Gasteiger partial charge in [-0.3, -0.25) is 9.80 Å². The number of benzene rings is 2. The van der Waals surface area contributed by atoms with Crippen molar-refractivity contribution in [2.24, 2.45) is 0 Å². The van der Waals surface area contributed by atoms with Gasteiger partial charge in [-0.1, -0.05) is 0 Å². The van der Waals surface area contributed by atoms with Crippen LogP contribution in [0.15, 0.2) is 48.5 Å². The van der Waals surface area contributed by atoms with Crippen LogP contribution in [0.1, 0.15) is 44.2 Å². The van der Waals surface area contributed by atoms with E-state index in [-0.39, 0.29) is 0 Å². The minimum absolute atomic E-state index is 0.411.